The third-order valence-corrected chi connectivity index (χ3v) is 3.43. The SMILES string of the molecule is CNC(c1cccc(F)c1)C1CCC(F)(F)C1. The van der Waals surface area contributed by atoms with E-state index in [9.17, 15) is 13.2 Å². The quantitative estimate of drug-likeness (QED) is 0.856. The van der Waals surface area contributed by atoms with Gasteiger partial charge < -0.3 is 5.32 Å². The molecule has 2 unspecified atom stereocenters. The van der Waals surface area contributed by atoms with Crippen molar-refractivity contribution in [3.8, 4) is 0 Å². The number of benzene rings is 1. The molecule has 4 heteroatoms. The van der Waals surface area contributed by atoms with Crippen molar-refractivity contribution < 1.29 is 13.2 Å². The van der Waals surface area contributed by atoms with Gasteiger partial charge in [0, 0.05) is 18.9 Å². The van der Waals surface area contributed by atoms with Crippen LogP contribution in [0.2, 0.25) is 0 Å². The average molecular weight is 243 g/mol. The predicted molar refractivity (Wildman–Crippen MR) is 60.5 cm³/mol. The van der Waals surface area contributed by atoms with Gasteiger partial charge in [0.1, 0.15) is 5.82 Å². The van der Waals surface area contributed by atoms with Crippen molar-refractivity contribution in [1.29, 1.82) is 0 Å². The van der Waals surface area contributed by atoms with Gasteiger partial charge in [-0.2, -0.15) is 0 Å². The van der Waals surface area contributed by atoms with Crippen LogP contribution < -0.4 is 5.32 Å². The molecule has 0 aromatic heterocycles. The summed E-state index contributed by atoms with van der Waals surface area (Å²) in [4.78, 5) is 0. The van der Waals surface area contributed by atoms with Gasteiger partial charge in [-0.15, -0.1) is 0 Å². The Morgan fingerprint density at radius 1 is 1.41 bits per heavy atom. The molecule has 1 aliphatic carbocycles. The summed E-state index contributed by atoms with van der Waals surface area (Å²) in [5.41, 5.74) is 0.746. The van der Waals surface area contributed by atoms with Crippen LogP contribution in [0.15, 0.2) is 24.3 Å². The molecule has 0 radical (unpaired) electrons. The van der Waals surface area contributed by atoms with Crippen molar-refractivity contribution in [1.82, 2.24) is 5.32 Å². The largest absolute Gasteiger partial charge is 0.313 e. The fraction of sp³-hybridized carbons (Fsp3) is 0.538. The summed E-state index contributed by atoms with van der Waals surface area (Å²) in [7, 11) is 1.73. The van der Waals surface area contributed by atoms with Crippen LogP contribution in [0.4, 0.5) is 13.2 Å². The van der Waals surface area contributed by atoms with Gasteiger partial charge in [0.25, 0.3) is 0 Å². The van der Waals surface area contributed by atoms with E-state index < -0.39 is 5.92 Å². The Labute approximate surface area is 99.0 Å². The van der Waals surface area contributed by atoms with Gasteiger partial charge in [0.15, 0.2) is 0 Å². The van der Waals surface area contributed by atoms with E-state index in [0.29, 0.717) is 6.42 Å². The molecule has 1 aromatic carbocycles. The van der Waals surface area contributed by atoms with E-state index in [1.54, 1.807) is 19.2 Å². The highest BCUT2D eigenvalue weighted by atomic mass is 19.3. The molecule has 0 aliphatic heterocycles. The van der Waals surface area contributed by atoms with Crippen molar-refractivity contribution in [2.45, 2.75) is 31.2 Å². The minimum Gasteiger partial charge on any atom is -0.313 e. The lowest BCUT2D eigenvalue weighted by Crippen LogP contribution is -2.25. The minimum absolute atomic E-state index is 0.0643. The van der Waals surface area contributed by atoms with Gasteiger partial charge >= 0.3 is 0 Å². The highest BCUT2D eigenvalue weighted by Gasteiger charge is 2.42. The summed E-state index contributed by atoms with van der Waals surface area (Å²) in [6, 6.07) is 5.97. The smallest absolute Gasteiger partial charge is 0.248 e. The van der Waals surface area contributed by atoms with Gasteiger partial charge in [-0.3, -0.25) is 0 Å². The first-order valence-corrected chi connectivity index (χ1v) is 5.82. The summed E-state index contributed by atoms with van der Waals surface area (Å²) in [6.45, 7) is 0. The molecule has 0 saturated heterocycles. The van der Waals surface area contributed by atoms with Crippen LogP contribution in [0.3, 0.4) is 0 Å². The maximum atomic E-state index is 13.2. The minimum atomic E-state index is -2.56. The molecule has 0 heterocycles. The summed E-state index contributed by atoms with van der Waals surface area (Å²) in [5, 5.41) is 3.03. The highest BCUT2D eigenvalue weighted by Crippen LogP contribution is 2.44. The molecular formula is C13H16F3N. The first-order chi connectivity index (χ1) is 8.02. The zero-order valence-corrected chi connectivity index (χ0v) is 9.72. The molecule has 1 aliphatic rings. The molecule has 94 valence electrons. The van der Waals surface area contributed by atoms with E-state index in [0.717, 1.165) is 5.56 Å². The molecule has 1 aromatic rings. The van der Waals surface area contributed by atoms with Crippen molar-refractivity contribution in [2.24, 2.45) is 5.92 Å². The van der Waals surface area contributed by atoms with Gasteiger partial charge in [-0.05, 0) is 37.1 Å². The average Bonchev–Trinajstić information content (AvgIpc) is 2.60. The van der Waals surface area contributed by atoms with Crippen LogP contribution in [-0.4, -0.2) is 13.0 Å². The van der Waals surface area contributed by atoms with Gasteiger partial charge in [0.05, 0.1) is 0 Å². The fourth-order valence-electron chi connectivity index (χ4n) is 2.64. The molecule has 2 atom stereocenters. The van der Waals surface area contributed by atoms with Crippen LogP contribution in [-0.2, 0) is 0 Å². The summed E-state index contributed by atoms with van der Waals surface area (Å²) < 4.78 is 39.5. The predicted octanol–water partition coefficient (Wildman–Crippen LogP) is 3.52. The Morgan fingerprint density at radius 2 is 2.18 bits per heavy atom. The number of halogens is 3. The zero-order valence-electron chi connectivity index (χ0n) is 9.72. The molecule has 1 N–H and O–H groups in total. The first kappa shape index (κ1) is 12.4. The maximum Gasteiger partial charge on any atom is 0.248 e. The number of hydrogen-bond donors (Lipinski definition) is 1. The van der Waals surface area contributed by atoms with E-state index in [1.165, 1.54) is 12.1 Å². The zero-order chi connectivity index (χ0) is 12.5. The summed E-state index contributed by atoms with van der Waals surface area (Å²) in [6.07, 6.45) is 0.301. The van der Waals surface area contributed by atoms with Crippen molar-refractivity contribution in [3.05, 3.63) is 35.6 Å². The molecule has 0 spiro atoms. The molecule has 1 nitrogen and oxygen atoms in total. The lowest BCUT2D eigenvalue weighted by atomic mass is 9.91. The second-order valence-corrected chi connectivity index (χ2v) is 4.68. The number of nitrogens with one attached hydrogen (secondary N) is 1. The van der Waals surface area contributed by atoms with Crippen LogP contribution in [0.5, 0.6) is 0 Å². The molecule has 0 amide bonds. The number of rotatable bonds is 3. The molecule has 1 saturated carbocycles. The molecule has 17 heavy (non-hydrogen) atoms. The number of alkyl halides is 2. The van der Waals surface area contributed by atoms with E-state index in [2.05, 4.69) is 5.32 Å². The van der Waals surface area contributed by atoms with Gasteiger partial charge in [-0.1, -0.05) is 12.1 Å². The van der Waals surface area contributed by atoms with E-state index in [1.807, 2.05) is 0 Å². The summed E-state index contributed by atoms with van der Waals surface area (Å²) >= 11 is 0. The molecule has 1 fully saturated rings. The third-order valence-electron chi connectivity index (χ3n) is 3.43. The normalized spacial score (nSPS) is 24.8. The third kappa shape index (κ3) is 2.80. The van der Waals surface area contributed by atoms with Gasteiger partial charge in [-0.25, -0.2) is 13.2 Å². The van der Waals surface area contributed by atoms with E-state index in [-0.39, 0.29) is 30.6 Å². The highest BCUT2D eigenvalue weighted by molar-refractivity contribution is 5.21. The molecule has 2 rings (SSSR count). The topological polar surface area (TPSA) is 12.0 Å². The second kappa shape index (κ2) is 4.69. The Kier molecular flexibility index (Phi) is 3.43. The number of hydrogen-bond acceptors (Lipinski definition) is 1. The van der Waals surface area contributed by atoms with Crippen LogP contribution in [0, 0.1) is 11.7 Å². The first-order valence-electron chi connectivity index (χ1n) is 5.82. The molecular weight excluding hydrogens is 227 g/mol. The monoisotopic (exact) mass is 243 g/mol. The Balaban J connectivity index is 2.17. The van der Waals surface area contributed by atoms with Crippen molar-refractivity contribution in [2.75, 3.05) is 7.05 Å². The van der Waals surface area contributed by atoms with E-state index in [4.69, 9.17) is 0 Å². The van der Waals surface area contributed by atoms with Gasteiger partial charge in [0.2, 0.25) is 5.92 Å². The maximum absolute atomic E-state index is 13.2. The fourth-order valence-corrected chi connectivity index (χ4v) is 2.64. The lowest BCUT2D eigenvalue weighted by molar-refractivity contribution is 0.00340. The van der Waals surface area contributed by atoms with Crippen LogP contribution in [0.1, 0.15) is 30.9 Å². The van der Waals surface area contributed by atoms with Crippen LogP contribution >= 0.6 is 0 Å². The van der Waals surface area contributed by atoms with Crippen LogP contribution in [0.25, 0.3) is 0 Å². The molecule has 0 bridgehead atoms. The van der Waals surface area contributed by atoms with E-state index >= 15 is 0 Å². The lowest BCUT2D eigenvalue weighted by Gasteiger charge is -2.23. The standard InChI is InChI=1S/C13H16F3N/c1-17-12(9-3-2-4-11(14)7-9)10-5-6-13(15,16)8-10/h2-4,7,10,12,17H,5-6,8H2,1H3. The summed E-state index contributed by atoms with van der Waals surface area (Å²) in [5.74, 6) is -3.02. The van der Waals surface area contributed by atoms with Crippen molar-refractivity contribution in [3.63, 3.8) is 0 Å². The Hall–Kier alpha value is -1.03. The second-order valence-electron chi connectivity index (χ2n) is 4.68. The Bertz CT molecular complexity index is 392. The Morgan fingerprint density at radius 3 is 2.71 bits per heavy atom. The van der Waals surface area contributed by atoms with Crippen molar-refractivity contribution >= 4 is 0 Å².